The minimum atomic E-state index is -0.200. The minimum absolute atomic E-state index is 0.0383. The topological polar surface area (TPSA) is 52.6 Å². The summed E-state index contributed by atoms with van der Waals surface area (Å²) < 4.78 is 0. The molecule has 0 spiro atoms. The van der Waals surface area contributed by atoms with Crippen molar-refractivity contribution in [1.82, 2.24) is 4.90 Å². The zero-order valence-electron chi connectivity index (χ0n) is 14.1. The zero-order chi connectivity index (χ0) is 16.8. The van der Waals surface area contributed by atoms with Gasteiger partial charge in [-0.05, 0) is 49.4 Å². The summed E-state index contributed by atoms with van der Waals surface area (Å²) >= 11 is 6.26. The number of likely N-dealkylation sites (tertiary alicyclic amines) is 1. The Balaban J connectivity index is 1.90. The first kappa shape index (κ1) is 18.2. The minimum Gasteiger partial charge on any atom is -0.392 e. The number of aliphatic hydroxyl groups is 1. The van der Waals surface area contributed by atoms with Crippen LogP contribution in [0.5, 0.6) is 0 Å². The number of amides is 1. The molecule has 0 bridgehead atoms. The molecular formula is C18H27ClN2O2. The molecule has 1 atom stereocenters. The van der Waals surface area contributed by atoms with Gasteiger partial charge in [0.2, 0.25) is 5.91 Å². The fourth-order valence-corrected chi connectivity index (χ4v) is 3.44. The third-order valence-electron chi connectivity index (χ3n) is 4.47. The molecule has 0 aliphatic carbocycles. The molecule has 1 aromatic carbocycles. The second kappa shape index (κ2) is 8.67. The number of β-amino-alcohol motifs (C(OH)–C–C–N with tert-alkyl or cyclic N) is 1. The van der Waals surface area contributed by atoms with E-state index in [2.05, 4.69) is 24.1 Å². The van der Waals surface area contributed by atoms with Crippen LogP contribution in [0.1, 0.15) is 44.2 Å². The molecule has 2 rings (SSSR count). The molecule has 1 aliphatic rings. The average molecular weight is 339 g/mol. The normalized spacial score (nSPS) is 18.3. The van der Waals surface area contributed by atoms with Gasteiger partial charge in [0, 0.05) is 30.2 Å². The predicted molar refractivity (Wildman–Crippen MR) is 95.1 cm³/mol. The fraction of sp³-hybridized carbons (Fsp3) is 0.611. The van der Waals surface area contributed by atoms with Crippen LogP contribution >= 0.6 is 11.6 Å². The summed E-state index contributed by atoms with van der Waals surface area (Å²) in [6, 6.07) is 3.90. The Labute approximate surface area is 143 Å². The van der Waals surface area contributed by atoms with Crippen molar-refractivity contribution >= 4 is 23.2 Å². The molecule has 2 N–H and O–H groups in total. The van der Waals surface area contributed by atoms with Crippen LogP contribution in [0.3, 0.4) is 0 Å². The second-order valence-corrected chi connectivity index (χ2v) is 6.57. The number of nitrogens with one attached hydrogen (secondary N) is 1. The van der Waals surface area contributed by atoms with Crippen molar-refractivity contribution in [2.24, 2.45) is 0 Å². The molecule has 1 amide bonds. The highest BCUT2D eigenvalue weighted by atomic mass is 35.5. The Morgan fingerprint density at radius 2 is 2.17 bits per heavy atom. The van der Waals surface area contributed by atoms with Crippen molar-refractivity contribution in [2.75, 3.05) is 25.0 Å². The molecule has 1 aromatic rings. The summed E-state index contributed by atoms with van der Waals surface area (Å²) in [6.45, 7) is 6.65. The van der Waals surface area contributed by atoms with Crippen LogP contribution in [0.4, 0.5) is 5.69 Å². The van der Waals surface area contributed by atoms with E-state index >= 15 is 0 Å². The van der Waals surface area contributed by atoms with Gasteiger partial charge in [-0.3, -0.25) is 4.79 Å². The van der Waals surface area contributed by atoms with Gasteiger partial charge in [0.05, 0.1) is 6.10 Å². The average Bonchev–Trinajstić information content (AvgIpc) is 2.93. The Morgan fingerprint density at radius 3 is 2.78 bits per heavy atom. The Hall–Kier alpha value is -1.10. The van der Waals surface area contributed by atoms with Crippen LogP contribution in [0.2, 0.25) is 5.02 Å². The Morgan fingerprint density at radius 1 is 1.39 bits per heavy atom. The molecule has 1 aliphatic heterocycles. The zero-order valence-corrected chi connectivity index (χ0v) is 14.8. The molecule has 1 saturated heterocycles. The van der Waals surface area contributed by atoms with Crippen molar-refractivity contribution in [3.05, 3.63) is 28.3 Å². The lowest BCUT2D eigenvalue weighted by molar-refractivity contribution is -0.116. The summed E-state index contributed by atoms with van der Waals surface area (Å²) in [7, 11) is 0. The highest BCUT2D eigenvalue weighted by Gasteiger charge is 2.20. The molecule has 23 heavy (non-hydrogen) atoms. The standard InChI is InChI=1S/C18H27ClN2O2/c1-3-13-7-8-16(19)15(4-2)18(13)20-17(23)6-5-10-21-11-9-14(22)12-21/h7-8,14,22H,3-6,9-12H2,1-2H3,(H,20,23). The number of aliphatic hydroxyl groups excluding tert-OH is 1. The molecule has 0 saturated carbocycles. The van der Waals surface area contributed by atoms with Crippen molar-refractivity contribution in [3.8, 4) is 0 Å². The fourth-order valence-electron chi connectivity index (χ4n) is 3.15. The molecule has 128 valence electrons. The maximum Gasteiger partial charge on any atom is 0.224 e. The molecule has 4 nitrogen and oxygen atoms in total. The van der Waals surface area contributed by atoms with Crippen LogP contribution in [0.15, 0.2) is 12.1 Å². The second-order valence-electron chi connectivity index (χ2n) is 6.16. The van der Waals surface area contributed by atoms with Gasteiger partial charge in [0.25, 0.3) is 0 Å². The van der Waals surface area contributed by atoms with Crippen LogP contribution < -0.4 is 5.32 Å². The van der Waals surface area contributed by atoms with E-state index < -0.39 is 0 Å². The number of rotatable bonds is 7. The van der Waals surface area contributed by atoms with Gasteiger partial charge in [0.1, 0.15) is 0 Å². The van der Waals surface area contributed by atoms with Crippen molar-refractivity contribution in [3.63, 3.8) is 0 Å². The largest absolute Gasteiger partial charge is 0.392 e. The SMILES string of the molecule is CCc1ccc(Cl)c(CC)c1NC(=O)CCCN1CCC(O)C1. The number of carbonyl (C=O) groups excluding carboxylic acids is 1. The van der Waals surface area contributed by atoms with Crippen LogP contribution in [-0.4, -0.2) is 41.7 Å². The third kappa shape index (κ3) is 4.93. The van der Waals surface area contributed by atoms with Crippen LogP contribution in [-0.2, 0) is 17.6 Å². The van der Waals surface area contributed by atoms with Crippen molar-refractivity contribution < 1.29 is 9.90 Å². The van der Waals surface area contributed by atoms with E-state index in [-0.39, 0.29) is 12.0 Å². The summed E-state index contributed by atoms with van der Waals surface area (Å²) in [5, 5.41) is 13.3. The van der Waals surface area contributed by atoms with E-state index in [4.69, 9.17) is 11.6 Å². The van der Waals surface area contributed by atoms with Gasteiger partial charge < -0.3 is 15.3 Å². The molecule has 0 radical (unpaired) electrons. The van der Waals surface area contributed by atoms with Crippen molar-refractivity contribution in [1.29, 1.82) is 0 Å². The molecule has 1 heterocycles. The number of halogens is 1. The quantitative estimate of drug-likeness (QED) is 0.802. The van der Waals surface area contributed by atoms with E-state index in [1.807, 2.05) is 12.1 Å². The number of nitrogens with zero attached hydrogens (tertiary/aromatic N) is 1. The number of benzene rings is 1. The summed E-state index contributed by atoms with van der Waals surface area (Å²) in [4.78, 5) is 14.5. The van der Waals surface area contributed by atoms with Crippen LogP contribution in [0, 0.1) is 0 Å². The number of hydrogen-bond acceptors (Lipinski definition) is 3. The number of carbonyl (C=O) groups is 1. The maximum atomic E-state index is 12.3. The number of hydrogen-bond donors (Lipinski definition) is 2. The lowest BCUT2D eigenvalue weighted by Crippen LogP contribution is -2.24. The molecule has 1 fully saturated rings. The molecule has 1 unspecified atom stereocenters. The highest BCUT2D eigenvalue weighted by Crippen LogP contribution is 2.29. The summed E-state index contributed by atoms with van der Waals surface area (Å²) in [5.74, 6) is 0.0383. The van der Waals surface area contributed by atoms with E-state index in [9.17, 15) is 9.90 Å². The predicted octanol–water partition coefficient (Wildman–Crippen LogP) is 3.25. The summed E-state index contributed by atoms with van der Waals surface area (Å²) in [6.07, 6.45) is 3.61. The summed E-state index contributed by atoms with van der Waals surface area (Å²) in [5.41, 5.74) is 3.04. The Kier molecular flexibility index (Phi) is 6.88. The maximum absolute atomic E-state index is 12.3. The Bertz CT molecular complexity index is 548. The molecular weight excluding hydrogens is 312 g/mol. The smallest absolute Gasteiger partial charge is 0.224 e. The van der Waals surface area contributed by atoms with E-state index in [1.165, 1.54) is 0 Å². The molecule has 5 heteroatoms. The molecule has 0 aromatic heterocycles. The van der Waals surface area contributed by atoms with Gasteiger partial charge in [0.15, 0.2) is 0 Å². The monoisotopic (exact) mass is 338 g/mol. The first-order valence-corrected chi connectivity index (χ1v) is 8.93. The van der Waals surface area contributed by atoms with E-state index in [0.717, 1.165) is 62.1 Å². The van der Waals surface area contributed by atoms with E-state index in [0.29, 0.717) is 11.4 Å². The van der Waals surface area contributed by atoms with Gasteiger partial charge in [-0.1, -0.05) is 31.5 Å². The first-order chi connectivity index (χ1) is 11.0. The highest BCUT2D eigenvalue weighted by molar-refractivity contribution is 6.32. The number of aryl methyl sites for hydroxylation is 1. The number of anilines is 1. The van der Waals surface area contributed by atoms with Gasteiger partial charge >= 0.3 is 0 Å². The third-order valence-corrected chi connectivity index (χ3v) is 4.82. The van der Waals surface area contributed by atoms with Gasteiger partial charge in [-0.2, -0.15) is 0 Å². The lowest BCUT2D eigenvalue weighted by atomic mass is 10.0. The lowest BCUT2D eigenvalue weighted by Gasteiger charge is -2.17. The van der Waals surface area contributed by atoms with Crippen LogP contribution in [0.25, 0.3) is 0 Å². The van der Waals surface area contributed by atoms with E-state index in [1.54, 1.807) is 0 Å². The van der Waals surface area contributed by atoms with Crippen molar-refractivity contribution in [2.45, 2.75) is 52.1 Å². The van der Waals surface area contributed by atoms with Gasteiger partial charge in [-0.25, -0.2) is 0 Å². The van der Waals surface area contributed by atoms with Gasteiger partial charge in [-0.15, -0.1) is 0 Å². The first-order valence-electron chi connectivity index (χ1n) is 8.55.